The molecule has 11 nitrogen and oxygen atoms in total. The smallest absolute Gasteiger partial charge is 0.326 e. The van der Waals surface area contributed by atoms with Gasteiger partial charge in [-0.15, -0.1) is 0 Å². The van der Waals surface area contributed by atoms with Gasteiger partial charge in [0.15, 0.2) is 5.96 Å². The number of hydrogen-bond acceptors (Lipinski definition) is 6. The number of nitrogens with zero attached hydrogens (tertiary/aromatic N) is 2. The van der Waals surface area contributed by atoms with E-state index in [1.165, 1.54) is 11.0 Å². The Balaban J connectivity index is 1.95. The number of carboxylic acids is 1. The van der Waals surface area contributed by atoms with Crippen molar-refractivity contribution < 1.29 is 23.1 Å². The van der Waals surface area contributed by atoms with Gasteiger partial charge in [-0.25, -0.2) is 13.2 Å². The first-order valence-corrected chi connectivity index (χ1v) is 13.3. The van der Waals surface area contributed by atoms with Crippen LogP contribution in [0.3, 0.4) is 0 Å². The largest absolute Gasteiger partial charge is 0.480 e. The number of carbonyl (C=O) groups is 2. The number of benzene rings is 2. The molecule has 1 aliphatic rings. The third-order valence-corrected chi connectivity index (χ3v) is 7.81. The van der Waals surface area contributed by atoms with E-state index in [-0.39, 0.29) is 30.4 Å². The molecule has 0 aromatic heterocycles. The highest BCUT2D eigenvalue weighted by molar-refractivity contribution is 7.89. The molecule has 196 valence electrons. The van der Waals surface area contributed by atoms with Gasteiger partial charge >= 0.3 is 5.97 Å². The van der Waals surface area contributed by atoms with E-state index in [4.69, 9.17) is 11.1 Å². The van der Waals surface area contributed by atoms with Crippen molar-refractivity contribution in [2.45, 2.75) is 49.1 Å². The van der Waals surface area contributed by atoms with Crippen LogP contribution in [0.4, 0.5) is 5.69 Å². The number of carbonyl (C=O) groups excluding carboxylic acids is 1. The minimum Gasteiger partial charge on any atom is -0.480 e. The summed E-state index contributed by atoms with van der Waals surface area (Å²) in [5, 5.41) is 20.8. The molecule has 1 fully saturated rings. The van der Waals surface area contributed by atoms with Crippen LogP contribution in [-0.4, -0.2) is 75.5 Å². The SMILES string of the molecule is CN(C)c1cccc2c(S(=O)(=O)NC(CCCNC(=N)N)C(=O)N3CCCCC3C(=O)O)cccc12. The molecule has 3 rings (SSSR count). The van der Waals surface area contributed by atoms with Gasteiger partial charge in [0.25, 0.3) is 0 Å². The van der Waals surface area contributed by atoms with Gasteiger partial charge < -0.3 is 26.0 Å². The predicted molar refractivity (Wildman–Crippen MR) is 139 cm³/mol. The summed E-state index contributed by atoms with van der Waals surface area (Å²) in [4.78, 5) is 28.5. The normalized spacial score (nSPS) is 16.9. The summed E-state index contributed by atoms with van der Waals surface area (Å²) in [6.07, 6.45) is 2.10. The Hall–Kier alpha value is -3.38. The first-order valence-electron chi connectivity index (χ1n) is 11.9. The lowest BCUT2D eigenvalue weighted by molar-refractivity contribution is -0.152. The first kappa shape index (κ1) is 27.2. The van der Waals surface area contributed by atoms with E-state index in [1.807, 2.05) is 31.1 Å². The summed E-state index contributed by atoms with van der Waals surface area (Å²) in [6.45, 7) is 0.518. The number of likely N-dealkylation sites (tertiary alicyclic amines) is 1. The monoisotopic (exact) mass is 518 g/mol. The van der Waals surface area contributed by atoms with Crippen LogP contribution in [0.25, 0.3) is 10.8 Å². The zero-order valence-electron chi connectivity index (χ0n) is 20.5. The van der Waals surface area contributed by atoms with Crippen LogP contribution in [0.15, 0.2) is 41.3 Å². The van der Waals surface area contributed by atoms with Crippen LogP contribution in [0.1, 0.15) is 32.1 Å². The van der Waals surface area contributed by atoms with Crippen molar-refractivity contribution in [3.05, 3.63) is 36.4 Å². The van der Waals surface area contributed by atoms with Gasteiger partial charge in [0.2, 0.25) is 15.9 Å². The minimum absolute atomic E-state index is 0.0387. The maximum Gasteiger partial charge on any atom is 0.326 e. The molecular formula is C24H34N6O5S. The number of nitrogens with two attached hydrogens (primary N) is 1. The minimum atomic E-state index is -4.15. The molecule has 2 unspecified atom stereocenters. The highest BCUT2D eigenvalue weighted by Gasteiger charge is 2.37. The second-order valence-electron chi connectivity index (χ2n) is 9.06. The topological polar surface area (TPSA) is 169 Å². The van der Waals surface area contributed by atoms with Gasteiger partial charge in [-0.05, 0) is 44.2 Å². The van der Waals surface area contributed by atoms with E-state index < -0.39 is 34.0 Å². The number of amides is 1. The van der Waals surface area contributed by atoms with Crippen molar-refractivity contribution >= 4 is 44.3 Å². The summed E-state index contributed by atoms with van der Waals surface area (Å²) in [6, 6.07) is 8.21. The lowest BCUT2D eigenvalue weighted by Crippen LogP contribution is -2.55. The number of fused-ring (bicyclic) bond motifs is 1. The number of anilines is 1. The van der Waals surface area contributed by atoms with Crippen LogP contribution < -0.4 is 20.7 Å². The molecule has 0 spiro atoms. The second-order valence-corrected chi connectivity index (χ2v) is 10.7. The van der Waals surface area contributed by atoms with Gasteiger partial charge in [-0.3, -0.25) is 10.2 Å². The van der Waals surface area contributed by atoms with E-state index in [0.717, 1.165) is 11.1 Å². The summed E-state index contributed by atoms with van der Waals surface area (Å²) in [5.74, 6) is -1.90. The van der Waals surface area contributed by atoms with Crippen molar-refractivity contribution in [1.29, 1.82) is 5.41 Å². The fourth-order valence-corrected chi connectivity index (χ4v) is 6.00. The molecule has 0 radical (unpaired) electrons. The molecule has 1 aliphatic heterocycles. The van der Waals surface area contributed by atoms with Crippen molar-refractivity contribution in [2.75, 3.05) is 32.1 Å². The molecule has 2 atom stereocenters. The molecule has 0 saturated carbocycles. The summed E-state index contributed by atoms with van der Waals surface area (Å²) >= 11 is 0. The Kier molecular flexibility index (Phi) is 8.75. The molecule has 1 amide bonds. The van der Waals surface area contributed by atoms with Gasteiger partial charge in [0.05, 0.1) is 4.90 Å². The fraction of sp³-hybridized carbons (Fsp3) is 0.458. The van der Waals surface area contributed by atoms with Gasteiger partial charge in [-0.1, -0.05) is 24.3 Å². The van der Waals surface area contributed by atoms with E-state index in [2.05, 4.69) is 10.0 Å². The number of hydrogen-bond donors (Lipinski definition) is 5. The fourth-order valence-electron chi connectivity index (χ4n) is 4.55. The molecule has 0 aliphatic carbocycles. The summed E-state index contributed by atoms with van der Waals surface area (Å²) in [5.41, 5.74) is 6.17. The quantitative estimate of drug-likeness (QED) is 0.178. The Labute approximate surface area is 211 Å². The van der Waals surface area contributed by atoms with Crippen LogP contribution in [0.5, 0.6) is 0 Å². The maximum atomic E-state index is 13.6. The van der Waals surface area contributed by atoms with Crippen LogP contribution in [-0.2, 0) is 19.6 Å². The molecular weight excluding hydrogens is 484 g/mol. The number of sulfonamides is 1. The number of rotatable bonds is 10. The van der Waals surface area contributed by atoms with E-state index in [0.29, 0.717) is 31.1 Å². The third kappa shape index (κ3) is 6.24. The predicted octanol–water partition coefficient (Wildman–Crippen LogP) is 1.28. The number of carboxylic acid groups (broad SMARTS) is 1. The van der Waals surface area contributed by atoms with Crippen LogP contribution >= 0.6 is 0 Å². The summed E-state index contributed by atoms with van der Waals surface area (Å²) in [7, 11) is -0.413. The van der Waals surface area contributed by atoms with Gasteiger partial charge in [0.1, 0.15) is 12.1 Å². The van der Waals surface area contributed by atoms with Crippen molar-refractivity contribution in [2.24, 2.45) is 5.73 Å². The third-order valence-electron chi connectivity index (χ3n) is 6.28. The lowest BCUT2D eigenvalue weighted by atomic mass is 10.00. The number of aliphatic carboxylic acids is 1. The molecule has 36 heavy (non-hydrogen) atoms. The zero-order chi connectivity index (χ0) is 26.5. The Bertz CT molecular complexity index is 1230. The van der Waals surface area contributed by atoms with Crippen molar-refractivity contribution in [3.8, 4) is 0 Å². The highest BCUT2D eigenvalue weighted by Crippen LogP contribution is 2.30. The molecule has 2 aromatic carbocycles. The Morgan fingerprint density at radius 2 is 1.89 bits per heavy atom. The molecule has 2 aromatic rings. The molecule has 12 heteroatoms. The van der Waals surface area contributed by atoms with Crippen LogP contribution in [0, 0.1) is 5.41 Å². The highest BCUT2D eigenvalue weighted by atomic mass is 32.2. The molecule has 0 bridgehead atoms. The van der Waals surface area contributed by atoms with Crippen molar-refractivity contribution in [3.63, 3.8) is 0 Å². The average Bonchev–Trinajstić information content (AvgIpc) is 2.84. The van der Waals surface area contributed by atoms with E-state index in [1.54, 1.807) is 18.2 Å². The Morgan fingerprint density at radius 1 is 1.19 bits per heavy atom. The zero-order valence-corrected chi connectivity index (χ0v) is 21.3. The van der Waals surface area contributed by atoms with E-state index >= 15 is 0 Å². The summed E-state index contributed by atoms with van der Waals surface area (Å²) < 4.78 is 29.8. The van der Waals surface area contributed by atoms with Gasteiger partial charge in [-0.2, -0.15) is 4.72 Å². The standard InChI is InChI=1S/C24H34N6O5S/c1-29(2)19-12-5-9-17-16(19)8-6-13-21(17)36(34,35)28-18(10-7-14-27-24(25)26)22(31)30-15-4-3-11-20(30)23(32)33/h5-6,8-9,12-13,18,20,28H,3-4,7,10-11,14-15H2,1-2H3,(H,32,33)(H4,25,26,27). The van der Waals surface area contributed by atoms with Crippen LogP contribution in [0.2, 0.25) is 0 Å². The number of nitrogens with one attached hydrogen (secondary N) is 3. The average molecular weight is 519 g/mol. The Morgan fingerprint density at radius 3 is 2.56 bits per heavy atom. The maximum absolute atomic E-state index is 13.6. The number of piperidine rings is 1. The number of guanidine groups is 1. The lowest BCUT2D eigenvalue weighted by Gasteiger charge is -2.35. The molecule has 6 N–H and O–H groups in total. The molecule has 1 saturated heterocycles. The first-order chi connectivity index (χ1) is 17.0. The van der Waals surface area contributed by atoms with Crippen molar-refractivity contribution in [1.82, 2.24) is 14.9 Å². The van der Waals surface area contributed by atoms with Gasteiger partial charge in [0, 0.05) is 43.6 Å². The molecule has 1 heterocycles. The second kappa shape index (κ2) is 11.6. The van der Waals surface area contributed by atoms with E-state index in [9.17, 15) is 23.1 Å².